The van der Waals surface area contributed by atoms with E-state index in [0.717, 1.165) is 22.4 Å². The van der Waals surface area contributed by atoms with Crippen molar-refractivity contribution in [1.82, 2.24) is 5.43 Å². The fourth-order valence-corrected chi connectivity index (χ4v) is 2.83. The summed E-state index contributed by atoms with van der Waals surface area (Å²) in [5.41, 5.74) is 6.02. The predicted octanol–water partition coefficient (Wildman–Crippen LogP) is 5.06. The van der Waals surface area contributed by atoms with Crippen molar-refractivity contribution in [2.45, 2.75) is 13.2 Å². The van der Waals surface area contributed by atoms with Gasteiger partial charge in [-0.2, -0.15) is 5.10 Å². The predicted molar refractivity (Wildman–Crippen MR) is 116 cm³/mol. The van der Waals surface area contributed by atoms with Crippen LogP contribution in [0.1, 0.15) is 16.7 Å². The Morgan fingerprint density at radius 2 is 1.59 bits per heavy atom. The molecule has 0 saturated carbocycles. The summed E-state index contributed by atoms with van der Waals surface area (Å²) >= 11 is 5.92. The molecule has 0 aromatic heterocycles. The van der Waals surface area contributed by atoms with Crippen LogP contribution in [0, 0.1) is 0 Å². The van der Waals surface area contributed by atoms with Gasteiger partial charge in [-0.25, -0.2) is 0 Å². The SMILES string of the molecule is COc1ccc(CN/N=C\c2ccccc2OCc2ccc(Cl)cc2)cc1OC. The van der Waals surface area contributed by atoms with Crippen LogP contribution in [-0.4, -0.2) is 20.4 Å². The molecule has 0 saturated heterocycles. The van der Waals surface area contributed by atoms with Crippen LogP contribution in [0.3, 0.4) is 0 Å². The number of benzene rings is 3. The number of hydrogen-bond donors (Lipinski definition) is 1. The van der Waals surface area contributed by atoms with Gasteiger partial charge in [-0.05, 0) is 47.5 Å². The lowest BCUT2D eigenvalue weighted by atomic mass is 10.2. The highest BCUT2D eigenvalue weighted by molar-refractivity contribution is 6.30. The normalized spacial score (nSPS) is 10.7. The van der Waals surface area contributed by atoms with Gasteiger partial charge in [-0.3, -0.25) is 0 Å². The Bertz CT molecular complexity index is 959. The number of hydrogen-bond acceptors (Lipinski definition) is 5. The first kappa shape index (κ1) is 20.6. The topological polar surface area (TPSA) is 52.1 Å². The molecule has 0 amide bonds. The first-order valence-electron chi connectivity index (χ1n) is 9.12. The van der Waals surface area contributed by atoms with E-state index in [1.165, 1.54) is 0 Å². The third-order valence-corrected chi connectivity index (χ3v) is 4.50. The number of nitrogens with zero attached hydrogens (tertiary/aromatic N) is 1. The van der Waals surface area contributed by atoms with Crippen molar-refractivity contribution in [3.8, 4) is 17.2 Å². The highest BCUT2D eigenvalue weighted by Gasteiger charge is 2.04. The summed E-state index contributed by atoms with van der Waals surface area (Å²) in [5.74, 6) is 2.15. The van der Waals surface area contributed by atoms with Gasteiger partial charge in [0.15, 0.2) is 11.5 Å². The zero-order chi connectivity index (χ0) is 20.5. The van der Waals surface area contributed by atoms with Gasteiger partial charge in [0, 0.05) is 10.6 Å². The summed E-state index contributed by atoms with van der Waals surface area (Å²) in [6, 6.07) is 21.1. The van der Waals surface area contributed by atoms with Crippen LogP contribution in [0.2, 0.25) is 5.02 Å². The molecule has 29 heavy (non-hydrogen) atoms. The maximum Gasteiger partial charge on any atom is 0.161 e. The van der Waals surface area contributed by atoms with E-state index in [1.807, 2.05) is 66.7 Å². The molecule has 0 unspecified atom stereocenters. The standard InChI is InChI=1S/C23H23ClN2O3/c1-27-22-12-9-18(13-23(22)28-2)14-25-26-15-19-5-3-4-6-21(19)29-16-17-7-10-20(24)11-8-17/h3-13,15,25H,14,16H2,1-2H3/b26-15-. The molecule has 0 radical (unpaired) electrons. The van der Waals surface area contributed by atoms with Crippen molar-refractivity contribution in [3.05, 3.63) is 88.4 Å². The number of nitrogens with one attached hydrogen (secondary N) is 1. The average Bonchev–Trinajstić information content (AvgIpc) is 2.76. The molecule has 0 fully saturated rings. The Morgan fingerprint density at radius 1 is 0.862 bits per heavy atom. The smallest absolute Gasteiger partial charge is 0.161 e. The monoisotopic (exact) mass is 410 g/mol. The zero-order valence-corrected chi connectivity index (χ0v) is 17.1. The largest absolute Gasteiger partial charge is 0.493 e. The summed E-state index contributed by atoms with van der Waals surface area (Å²) in [6.45, 7) is 1.02. The highest BCUT2D eigenvalue weighted by Crippen LogP contribution is 2.27. The van der Waals surface area contributed by atoms with E-state index in [9.17, 15) is 0 Å². The molecular weight excluding hydrogens is 388 g/mol. The van der Waals surface area contributed by atoms with Gasteiger partial charge in [0.2, 0.25) is 0 Å². The number of ether oxygens (including phenoxy) is 3. The van der Waals surface area contributed by atoms with Crippen molar-refractivity contribution in [1.29, 1.82) is 0 Å². The van der Waals surface area contributed by atoms with Crippen LogP contribution in [0.5, 0.6) is 17.2 Å². The van der Waals surface area contributed by atoms with E-state index in [0.29, 0.717) is 29.7 Å². The van der Waals surface area contributed by atoms with Gasteiger partial charge in [0.05, 0.1) is 27.0 Å². The van der Waals surface area contributed by atoms with E-state index >= 15 is 0 Å². The van der Waals surface area contributed by atoms with Crippen LogP contribution in [0.25, 0.3) is 0 Å². The maximum atomic E-state index is 5.94. The molecule has 3 aromatic rings. The van der Waals surface area contributed by atoms with E-state index < -0.39 is 0 Å². The van der Waals surface area contributed by atoms with Gasteiger partial charge in [-0.1, -0.05) is 41.9 Å². The molecule has 5 nitrogen and oxygen atoms in total. The molecule has 3 rings (SSSR count). The summed E-state index contributed by atoms with van der Waals surface area (Å²) in [6.07, 6.45) is 1.75. The Labute approximate surface area is 175 Å². The van der Waals surface area contributed by atoms with Gasteiger partial charge >= 0.3 is 0 Å². The molecule has 0 bridgehead atoms. The number of para-hydroxylation sites is 1. The van der Waals surface area contributed by atoms with Crippen LogP contribution in [0.15, 0.2) is 71.8 Å². The van der Waals surface area contributed by atoms with E-state index in [2.05, 4.69) is 10.5 Å². The minimum absolute atomic E-state index is 0.459. The summed E-state index contributed by atoms with van der Waals surface area (Å²) < 4.78 is 16.5. The highest BCUT2D eigenvalue weighted by atomic mass is 35.5. The molecule has 0 aliphatic rings. The van der Waals surface area contributed by atoms with Crippen molar-refractivity contribution >= 4 is 17.8 Å². The summed E-state index contributed by atoms with van der Waals surface area (Å²) in [7, 11) is 3.24. The van der Waals surface area contributed by atoms with Crippen molar-refractivity contribution < 1.29 is 14.2 Å². The Balaban J connectivity index is 1.58. The van der Waals surface area contributed by atoms with Gasteiger partial charge < -0.3 is 19.6 Å². The molecular formula is C23H23ClN2O3. The minimum atomic E-state index is 0.459. The zero-order valence-electron chi connectivity index (χ0n) is 16.4. The lowest BCUT2D eigenvalue weighted by Gasteiger charge is -2.10. The Hall–Kier alpha value is -3.18. The maximum absolute atomic E-state index is 5.94. The summed E-state index contributed by atoms with van der Waals surface area (Å²) in [5, 5.41) is 5.03. The van der Waals surface area contributed by atoms with Crippen LogP contribution < -0.4 is 19.6 Å². The number of halogens is 1. The fraction of sp³-hybridized carbons (Fsp3) is 0.174. The molecule has 0 atom stereocenters. The second kappa shape index (κ2) is 10.4. The van der Waals surface area contributed by atoms with Gasteiger partial charge in [0.1, 0.15) is 12.4 Å². The number of rotatable bonds is 9. The second-order valence-electron chi connectivity index (χ2n) is 6.24. The Kier molecular flexibility index (Phi) is 7.36. The van der Waals surface area contributed by atoms with Gasteiger partial charge in [-0.15, -0.1) is 0 Å². The number of methoxy groups -OCH3 is 2. The lowest BCUT2D eigenvalue weighted by molar-refractivity contribution is 0.306. The van der Waals surface area contributed by atoms with Crippen LogP contribution in [-0.2, 0) is 13.2 Å². The van der Waals surface area contributed by atoms with E-state index in [-0.39, 0.29) is 0 Å². The molecule has 6 heteroatoms. The lowest BCUT2D eigenvalue weighted by Crippen LogP contribution is -2.06. The second-order valence-corrected chi connectivity index (χ2v) is 6.67. The first-order valence-corrected chi connectivity index (χ1v) is 9.50. The third-order valence-electron chi connectivity index (χ3n) is 4.25. The van der Waals surface area contributed by atoms with Crippen molar-refractivity contribution in [3.63, 3.8) is 0 Å². The van der Waals surface area contributed by atoms with Crippen molar-refractivity contribution in [2.24, 2.45) is 5.10 Å². The molecule has 1 N–H and O–H groups in total. The van der Waals surface area contributed by atoms with E-state index in [4.69, 9.17) is 25.8 Å². The molecule has 0 aliphatic heterocycles. The average molecular weight is 411 g/mol. The molecule has 150 valence electrons. The third kappa shape index (κ3) is 5.90. The Morgan fingerprint density at radius 3 is 2.34 bits per heavy atom. The molecule has 0 heterocycles. The van der Waals surface area contributed by atoms with Crippen LogP contribution >= 0.6 is 11.6 Å². The summed E-state index contributed by atoms with van der Waals surface area (Å²) in [4.78, 5) is 0. The van der Waals surface area contributed by atoms with Gasteiger partial charge in [0.25, 0.3) is 0 Å². The minimum Gasteiger partial charge on any atom is -0.493 e. The fourth-order valence-electron chi connectivity index (χ4n) is 2.70. The quantitative estimate of drug-likeness (QED) is 0.395. The van der Waals surface area contributed by atoms with Crippen molar-refractivity contribution in [2.75, 3.05) is 14.2 Å². The molecule has 0 spiro atoms. The molecule has 3 aromatic carbocycles. The number of hydrazone groups is 1. The first-order chi connectivity index (χ1) is 14.2. The van der Waals surface area contributed by atoms with E-state index in [1.54, 1.807) is 20.4 Å². The molecule has 0 aliphatic carbocycles. The van der Waals surface area contributed by atoms with Crippen LogP contribution in [0.4, 0.5) is 0 Å².